The van der Waals surface area contributed by atoms with Crippen molar-refractivity contribution in [2.75, 3.05) is 9.80 Å². The maximum absolute atomic E-state index is 2.44. The molecule has 0 heterocycles. The van der Waals surface area contributed by atoms with Gasteiger partial charge in [-0.25, -0.2) is 0 Å². The fourth-order valence-corrected chi connectivity index (χ4v) is 8.05. The Bertz CT molecular complexity index is 2240. The van der Waals surface area contributed by atoms with Gasteiger partial charge >= 0.3 is 0 Å². The van der Waals surface area contributed by atoms with E-state index in [4.69, 9.17) is 0 Å². The number of benzene rings is 8. The van der Waals surface area contributed by atoms with Crippen molar-refractivity contribution in [3.05, 3.63) is 168 Å². The van der Waals surface area contributed by atoms with E-state index in [-0.39, 0.29) is 0 Å². The molecule has 0 aliphatic carbocycles. The van der Waals surface area contributed by atoms with Crippen LogP contribution in [0.3, 0.4) is 0 Å². The topological polar surface area (TPSA) is 6.48 Å². The van der Waals surface area contributed by atoms with E-state index in [0.29, 0.717) is 23.7 Å². The lowest BCUT2D eigenvalue weighted by Gasteiger charge is -2.30. The Kier molecular flexibility index (Phi) is 9.40. The molecule has 0 amide bonds. The van der Waals surface area contributed by atoms with Crippen LogP contribution in [0.15, 0.2) is 146 Å². The zero-order valence-electron chi connectivity index (χ0n) is 33.1. The van der Waals surface area contributed by atoms with E-state index in [2.05, 4.69) is 211 Å². The molecular formula is C52H52N2. The number of anilines is 6. The van der Waals surface area contributed by atoms with Crippen LogP contribution in [0.25, 0.3) is 32.3 Å². The third kappa shape index (κ3) is 6.38. The van der Waals surface area contributed by atoms with Crippen LogP contribution in [0.5, 0.6) is 0 Å². The standard InChI is InChI=1S/C52H52N2/c1-33(2)37-9-21-43(22-10-37)53(44-23-11-38(12-24-44)34(3)4)49-31-19-41-18-30-48-50(32-20-42-17-29-47(49)51(41)52(42)48)54(45-25-13-39(14-26-45)35(5)6)46-27-15-40(16-28-46)36(7)8/h9-36H,1-8H3. The molecule has 270 valence electrons. The van der Waals surface area contributed by atoms with E-state index < -0.39 is 0 Å². The molecule has 0 aromatic heterocycles. The first-order valence-electron chi connectivity index (χ1n) is 19.8. The molecule has 0 saturated heterocycles. The van der Waals surface area contributed by atoms with Crippen LogP contribution < -0.4 is 9.80 Å². The molecule has 0 fully saturated rings. The average Bonchev–Trinajstić information content (AvgIpc) is 3.18. The van der Waals surface area contributed by atoms with Gasteiger partial charge in [-0.2, -0.15) is 0 Å². The predicted molar refractivity (Wildman–Crippen MR) is 236 cm³/mol. The van der Waals surface area contributed by atoms with Crippen LogP contribution in [-0.4, -0.2) is 0 Å². The van der Waals surface area contributed by atoms with Gasteiger partial charge in [0.05, 0.1) is 11.4 Å². The first kappa shape index (κ1) is 35.4. The largest absolute Gasteiger partial charge is 0.310 e. The third-order valence-electron chi connectivity index (χ3n) is 11.4. The van der Waals surface area contributed by atoms with E-state index in [1.165, 1.54) is 65.9 Å². The SMILES string of the molecule is CC(C)c1ccc(N(c2ccc(C(C)C)cc2)c2ccc3ccc4c(N(c5ccc(C(C)C)cc5)c5ccc(C(C)C)cc5)ccc5ccc2c3c54)cc1. The van der Waals surface area contributed by atoms with Gasteiger partial charge < -0.3 is 9.80 Å². The molecule has 2 heteroatoms. The summed E-state index contributed by atoms with van der Waals surface area (Å²) in [5.74, 6) is 1.90. The van der Waals surface area contributed by atoms with Gasteiger partial charge in [-0.05, 0) is 128 Å². The smallest absolute Gasteiger partial charge is 0.0540 e. The second kappa shape index (κ2) is 14.3. The summed E-state index contributed by atoms with van der Waals surface area (Å²) in [6, 6.07) is 55.1. The quantitative estimate of drug-likeness (QED) is 0.131. The van der Waals surface area contributed by atoms with Crippen molar-refractivity contribution in [3.63, 3.8) is 0 Å². The monoisotopic (exact) mass is 704 g/mol. The van der Waals surface area contributed by atoms with Crippen molar-refractivity contribution < 1.29 is 0 Å². The van der Waals surface area contributed by atoms with E-state index in [9.17, 15) is 0 Å². The van der Waals surface area contributed by atoms with Crippen LogP contribution in [0, 0.1) is 0 Å². The fraction of sp³-hybridized carbons (Fsp3) is 0.231. The Hall–Kier alpha value is -5.60. The van der Waals surface area contributed by atoms with Gasteiger partial charge in [-0.15, -0.1) is 0 Å². The maximum atomic E-state index is 2.44. The Morgan fingerprint density at radius 1 is 0.278 bits per heavy atom. The highest BCUT2D eigenvalue weighted by Crippen LogP contribution is 2.47. The lowest BCUT2D eigenvalue weighted by atomic mass is 9.91. The van der Waals surface area contributed by atoms with E-state index in [1.807, 2.05) is 0 Å². The van der Waals surface area contributed by atoms with Crippen molar-refractivity contribution in [3.8, 4) is 0 Å². The lowest BCUT2D eigenvalue weighted by molar-refractivity contribution is 0.866. The molecule has 0 aliphatic heterocycles. The number of rotatable bonds is 10. The second-order valence-electron chi connectivity index (χ2n) is 16.2. The van der Waals surface area contributed by atoms with E-state index >= 15 is 0 Å². The van der Waals surface area contributed by atoms with Crippen LogP contribution in [0.2, 0.25) is 0 Å². The fourth-order valence-electron chi connectivity index (χ4n) is 8.05. The minimum absolute atomic E-state index is 0.474. The molecule has 0 saturated carbocycles. The Morgan fingerprint density at radius 3 is 0.759 bits per heavy atom. The molecule has 0 aliphatic rings. The summed E-state index contributed by atoms with van der Waals surface area (Å²) in [4.78, 5) is 4.89. The molecule has 0 spiro atoms. The first-order chi connectivity index (χ1) is 26.1. The van der Waals surface area contributed by atoms with E-state index in [1.54, 1.807) is 0 Å². The van der Waals surface area contributed by atoms with Crippen molar-refractivity contribution in [1.82, 2.24) is 0 Å². The average molecular weight is 705 g/mol. The molecule has 8 aromatic carbocycles. The molecule has 0 unspecified atom stereocenters. The summed E-state index contributed by atoms with van der Waals surface area (Å²) in [5.41, 5.74) is 12.4. The van der Waals surface area contributed by atoms with Crippen molar-refractivity contribution in [1.29, 1.82) is 0 Å². The highest BCUT2D eigenvalue weighted by Gasteiger charge is 2.22. The van der Waals surface area contributed by atoms with Gasteiger partial charge in [0, 0.05) is 33.5 Å². The maximum Gasteiger partial charge on any atom is 0.0540 e. The van der Waals surface area contributed by atoms with Crippen molar-refractivity contribution >= 4 is 66.4 Å². The molecule has 54 heavy (non-hydrogen) atoms. The zero-order chi connectivity index (χ0) is 37.7. The van der Waals surface area contributed by atoms with Gasteiger partial charge in [-0.1, -0.05) is 140 Å². The summed E-state index contributed by atoms with van der Waals surface area (Å²) < 4.78 is 0. The number of hydrogen-bond acceptors (Lipinski definition) is 2. The Balaban J connectivity index is 1.35. The van der Waals surface area contributed by atoms with Crippen LogP contribution in [0.4, 0.5) is 34.1 Å². The predicted octanol–water partition coefficient (Wildman–Crippen LogP) is 16.0. The molecule has 0 N–H and O–H groups in total. The summed E-state index contributed by atoms with van der Waals surface area (Å²) in [5, 5.41) is 7.61. The summed E-state index contributed by atoms with van der Waals surface area (Å²) >= 11 is 0. The zero-order valence-corrected chi connectivity index (χ0v) is 33.1. The van der Waals surface area contributed by atoms with Crippen LogP contribution >= 0.6 is 0 Å². The van der Waals surface area contributed by atoms with Crippen molar-refractivity contribution in [2.24, 2.45) is 0 Å². The summed E-state index contributed by atoms with van der Waals surface area (Å²) in [6.45, 7) is 18.1. The lowest BCUT2D eigenvalue weighted by Crippen LogP contribution is -2.12. The van der Waals surface area contributed by atoms with Crippen LogP contribution in [-0.2, 0) is 0 Å². The first-order valence-corrected chi connectivity index (χ1v) is 19.8. The molecular weight excluding hydrogens is 653 g/mol. The minimum Gasteiger partial charge on any atom is -0.310 e. The number of nitrogens with zero attached hydrogens (tertiary/aromatic N) is 2. The molecule has 8 aromatic rings. The van der Waals surface area contributed by atoms with Crippen molar-refractivity contribution in [2.45, 2.75) is 79.1 Å². The third-order valence-corrected chi connectivity index (χ3v) is 11.4. The van der Waals surface area contributed by atoms with Gasteiger partial charge in [-0.3, -0.25) is 0 Å². The molecule has 0 radical (unpaired) electrons. The summed E-state index contributed by atoms with van der Waals surface area (Å²) in [7, 11) is 0. The van der Waals surface area contributed by atoms with Gasteiger partial charge in [0.15, 0.2) is 0 Å². The molecule has 2 nitrogen and oxygen atoms in total. The second-order valence-corrected chi connectivity index (χ2v) is 16.2. The Morgan fingerprint density at radius 2 is 0.519 bits per heavy atom. The highest BCUT2D eigenvalue weighted by molar-refractivity contribution is 6.28. The highest BCUT2D eigenvalue weighted by atomic mass is 15.1. The Labute approximate surface area is 322 Å². The molecule has 0 atom stereocenters. The molecule has 0 bridgehead atoms. The number of hydrogen-bond donors (Lipinski definition) is 0. The minimum atomic E-state index is 0.474. The summed E-state index contributed by atoms with van der Waals surface area (Å²) in [6.07, 6.45) is 0. The van der Waals surface area contributed by atoms with E-state index in [0.717, 1.165) is 22.7 Å². The van der Waals surface area contributed by atoms with Gasteiger partial charge in [0.1, 0.15) is 0 Å². The normalized spacial score (nSPS) is 12.0. The van der Waals surface area contributed by atoms with Gasteiger partial charge in [0.2, 0.25) is 0 Å². The van der Waals surface area contributed by atoms with Gasteiger partial charge in [0.25, 0.3) is 0 Å². The molecule has 8 rings (SSSR count). The van der Waals surface area contributed by atoms with Crippen LogP contribution in [0.1, 0.15) is 101 Å².